The van der Waals surface area contributed by atoms with Crippen molar-refractivity contribution in [1.82, 2.24) is 4.90 Å². The van der Waals surface area contributed by atoms with Crippen molar-refractivity contribution in [2.24, 2.45) is 0 Å². The summed E-state index contributed by atoms with van der Waals surface area (Å²) in [6, 6.07) is 11.4. The van der Waals surface area contributed by atoms with Gasteiger partial charge in [0.2, 0.25) is 0 Å². The molecule has 0 saturated carbocycles. The van der Waals surface area contributed by atoms with Gasteiger partial charge in [-0.1, -0.05) is 0 Å². The fraction of sp³-hybridized carbons (Fsp3) is 0.381. The van der Waals surface area contributed by atoms with E-state index in [1.807, 2.05) is 30.3 Å². The Hall–Kier alpha value is -2.24. The van der Waals surface area contributed by atoms with E-state index in [-0.39, 0.29) is 18.2 Å². The average molecular weight is 391 g/mol. The predicted octanol–water partition coefficient (Wildman–Crippen LogP) is 0.348. The minimum Gasteiger partial charge on any atom is -1.00 e. The molecule has 6 heteroatoms. The van der Waals surface area contributed by atoms with Gasteiger partial charge in [-0.15, -0.1) is 0 Å². The van der Waals surface area contributed by atoms with Crippen molar-refractivity contribution in [3.05, 3.63) is 53.1 Å². The lowest BCUT2D eigenvalue weighted by Gasteiger charge is -2.29. The molecule has 0 saturated heterocycles. The number of ketones is 1. The molecule has 0 aliphatic carbocycles. The third-order valence-electron chi connectivity index (χ3n) is 4.86. The molecule has 1 aliphatic rings. The van der Waals surface area contributed by atoms with Crippen molar-refractivity contribution in [3.63, 3.8) is 0 Å². The van der Waals surface area contributed by atoms with Gasteiger partial charge in [0.25, 0.3) is 0 Å². The molecule has 0 fully saturated rings. The van der Waals surface area contributed by atoms with Crippen LogP contribution < -0.4 is 26.6 Å². The molecule has 2 aromatic rings. The normalized spacial score (nSPS) is 13.3. The summed E-state index contributed by atoms with van der Waals surface area (Å²) in [6.07, 6.45) is 1.46. The second-order valence-corrected chi connectivity index (χ2v) is 6.40. The van der Waals surface area contributed by atoms with Crippen molar-refractivity contribution in [2.45, 2.75) is 19.4 Å². The van der Waals surface area contributed by atoms with Gasteiger partial charge in [0.15, 0.2) is 17.3 Å². The molecule has 1 heterocycles. The highest BCUT2D eigenvalue weighted by Crippen LogP contribution is 2.33. The Morgan fingerprint density at radius 1 is 0.963 bits per heavy atom. The standard InChI is InChI=1S/C21H25NO4.ClH/c1-24-18-6-4-15(5-7-18)19(23)9-11-22-10-8-16-12-20(25-2)21(26-3)13-17(16)14-22;/h4-7,12-13H,8-11,14H2,1-3H3;1H/p-1. The van der Waals surface area contributed by atoms with E-state index >= 15 is 0 Å². The summed E-state index contributed by atoms with van der Waals surface area (Å²) in [6.45, 7) is 2.52. The summed E-state index contributed by atoms with van der Waals surface area (Å²) in [5, 5.41) is 0. The van der Waals surface area contributed by atoms with Crippen LogP contribution in [0.2, 0.25) is 0 Å². The van der Waals surface area contributed by atoms with Crippen LogP contribution in [0.3, 0.4) is 0 Å². The Kier molecular flexibility index (Phi) is 7.51. The molecule has 0 spiro atoms. The molecule has 1 aliphatic heterocycles. The van der Waals surface area contributed by atoms with Crippen LogP contribution in [-0.2, 0) is 13.0 Å². The number of Topliss-reactive ketones (excluding diaryl/α,β-unsaturated/α-hetero) is 1. The van der Waals surface area contributed by atoms with Gasteiger partial charge in [-0.05, 0) is 53.9 Å². The van der Waals surface area contributed by atoms with E-state index in [0.29, 0.717) is 6.42 Å². The highest BCUT2D eigenvalue weighted by molar-refractivity contribution is 5.96. The number of fused-ring (bicyclic) bond motifs is 1. The summed E-state index contributed by atoms with van der Waals surface area (Å²) in [4.78, 5) is 14.7. The number of hydrogen-bond donors (Lipinski definition) is 0. The van der Waals surface area contributed by atoms with Gasteiger partial charge in [0, 0.05) is 31.6 Å². The minimum atomic E-state index is 0. The van der Waals surface area contributed by atoms with Gasteiger partial charge in [-0.3, -0.25) is 9.69 Å². The van der Waals surface area contributed by atoms with Crippen LogP contribution in [0.15, 0.2) is 36.4 Å². The van der Waals surface area contributed by atoms with Crippen molar-refractivity contribution < 1.29 is 31.4 Å². The molecule has 2 aromatic carbocycles. The Labute approximate surface area is 166 Å². The van der Waals surface area contributed by atoms with Crippen molar-refractivity contribution in [2.75, 3.05) is 34.4 Å². The van der Waals surface area contributed by atoms with Crippen LogP contribution >= 0.6 is 0 Å². The maximum Gasteiger partial charge on any atom is 0.164 e. The summed E-state index contributed by atoms with van der Waals surface area (Å²) in [5.41, 5.74) is 3.26. The predicted molar refractivity (Wildman–Crippen MR) is 100 cm³/mol. The van der Waals surface area contributed by atoms with E-state index in [1.54, 1.807) is 21.3 Å². The topological polar surface area (TPSA) is 48.0 Å². The largest absolute Gasteiger partial charge is 1.00 e. The van der Waals surface area contributed by atoms with Crippen LogP contribution in [0.1, 0.15) is 27.9 Å². The first-order chi connectivity index (χ1) is 12.6. The van der Waals surface area contributed by atoms with Crippen LogP contribution in [0.25, 0.3) is 0 Å². The molecule has 0 atom stereocenters. The van der Waals surface area contributed by atoms with E-state index in [2.05, 4.69) is 11.0 Å². The molecule has 0 aromatic heterocycles. The monoisotopic (exact) mass is 390 g/mol. The van der Waals surface area contributed by atoms with Gasteiger partial charge in [0.1, 0.15) is 5.75 Å². The number of rotatable bonds is 7. The summed E-state index contributed by atoms with van der Waals surface area (Å²) in [7, 11) is 4.93. The molecular weight excluding hydrogens is 366 g/mol. The van der Waals surface area contributed by atoms with E-state index < -0.39 is 0 Å². The molecule has 0 N–H and O–H groups in total. The first-order valence-electron chi connectivity index (χ1n) is 8.78. The number of ether oxygens (including phenoxy) is 3. The Balaban J connectivity index is 0.00000261. The molecule has 27 heavy (non-hydrogen) atoms. The second-order valence-electron chi connectivity index (χ2n) is 6.40. The fourth-order valence-electron chi connectivity index (χ4n) is 3.31. The number of carbonyl (C=O) groups excluding carboxylic acids is 1. The van der Waals surface area contributed by atoms with Crippen molar-refractivity contribution in [1.29, 1.82) is 0 Å². The highest BCUT2D eigenvalue weighted by atomic mass is 35.5. The Bertz CT molecular complexity index is 776. The lowest BCUT2D eigenvalue weighted by atomic mass is 9.98. The first kappa shape index (κ1) is 21.1. The zero-order valence-corrected chi connectivity index (χ0v) is 16.7. The number of carbonyl (C=O) groups is 1. The quantitative estimate of drug-likeness (QED) is 0.638. The lowest BCUT2D eigenvalue weighted by molar-refractivity contribution is -0.0000142. The average Bonchev–Trinajstić information content (AvgIpc) is 2.70. The van der Waals surface area contributed by atoms with Crippen LogP contribution in [-0.4, -0.2) is 45.1 Å². The van der Waals surface area contributed by atoms with Gasteiger partial charge < -0.3 is 26.6 Å². The Morgan fingerprint density at radius 3 is 2.19 bits per heavy atom. The van der Waals surface area contributed by atoms with E-state index in [0.717, 1.165) is 48.9 Å². The molecule has 146 valence electrons. The zero-order valence-electron chi connectivity index (χ0n) is 16.0. The molecular formula is C21H25ClNO4-. The zero-order chi connectivity index (χ0) is 18.5. The van der Waals surface area contributed by atoms with Gasteiger partial charge in [-0.2, -0.15) is 0 Å². The molecule has 3 rings (SSSR count). The van der Waals surface area contributed by atoms with Gasteiger partial charge >= 0.3 is 0 Å². The number of nitrogens with zero attached hydrogens (tertiary/aromatic N) is 1. The SMILES string of the molecule is COc1ccc(C(=O)CCN2CCc3cc(OC)c(OC)cc3C2)cc1.[Cl-]. The summed E-state index contributed by atoms with van der Waals surface area (Å²) in [5.74, 6) is 2.45. The number of halogens is 1. The molecule has 0 bridgehead atoms. The fourth-order valence-corrected chi connectivity index (χ4v) is 3.31. The number of methoxy groups -OCH3 is 3. The third-order valence-corrected chi connectivity index (χ3v) is 4.86. The highest BCUT2D eigenvalue weighted by Gasteiger charge is 2.20. The Morgan fingerprint density at radius 2 is 1.59 bits per heavy atom. The smallest absolute Gasteiger partial charge is 0.164 e. The molecule has 0 amide bonds. The van der Waals surface area contributed by atoms with E-state index in [1.165, 1.54) is 11.1 Å². The van der Waals surface area contributed by atoms with Crippen LogP contribution in [0.5, 0.6) is 17.2 Å². The lowest BCUT2D eigenvalue weighted by Crippen LogP contribution is -3.00. The maximum absolute atomic E-state index is 12.4. The van der Waals surface area contributed by atoms with E-state index in [4.69, 9.17) is 14.2 Å². The van der Waals surface area contributed by atoms with E-state index in [9.17, 15) is 4.79 Å². The molecule has 0 unspecified atom stereocenters. The third kappa shape index (κ3) is 4.93. The van der Waals surface area contributed by atoms with Gasteiger partial charge in [-0.25, -0.2) is 0 Å². The van der Waals surface area contributed by atoms with Crippen LogP contribution in [0, 0.1) is 0 Å². The minimum absolute atomic E-state index is 0. The van der Waals surface area contributed by atoms with Crippen molar-refractivity contribution in [3.8, 4) is 17.2 Å². The van der Waals surface area contributed by atoms with Crippen molar-refractivity contribution >= 4 is 5.78 Å². The number of hydrogen-bond acceptors (Lipinski definition) is 5. The summed E-state index contributed by atoms with van der Waals surface area (Å²) >= 11 is 0. The van der Waals surface area contributed by atoms with Crippen LogP contribution in [0.4, 0.5) is 0 Å². The molecule has 5 nitrogen and oxygen atoms in total. The first-order valence-corrected chi connectivity index (χ1v) is 8.78. The second kappa shape index (κ2) is 9.62. The van der Waals surface area contributed by atoms with Gasteiger partial charge in [0.05, 0.1) is 21.3 Å². The molecule has 0 radical (unpaired) electrons. The summed E-state index contributed by atoms with van der Waals surface area (Å²) < 4.78 is 15.9. The number of benzene rings is 2. The maximum atomic E-state index is 12.4.